The predicted molar refractivity (Wildman–Crippen MR) is 80.3 cm³/mol. The number of aryl methyl sites for hydroxylation is 2. The van der Waals surface area contributed by atoms with Crippen LogP contribution in [0.15, 0.2) is 22.7 Å². The molecular formula is C16H20N4O2. The fraction of sp³-hybridized carbons (Fsp3) is 0.500. The Balaban J connectivity index is 1.94. The lowest BCUT2D eigenvalue weighted by Crippen LogP contribution is -2.35. The van der Waals surface area contributed by atoms with E-state index in [1.165, 1.54) is 0 Å². The fourth-order valence-corrected chi connectivity index (χ4v) is 2.92. The van der Waals surface area contributed by atoms with Crippen LogP contribution < -0.4 is 0 Å². The second-order valence-corrected chi connectivity index (χ2v) is 5.66. The summed E-state index contributed by atoms with van der Waals surface area (Å²) in [6, 6.07) is 3.48. The number of pyridine rings is 1. The van der Waals surface area contributed by atoms with Gasteiger partial charge in [-0.2, -0.15) is 0 Å². The Kier molecular flexibility index (Phi) is 4.18. The molecule has 1 fully saturated rings. The van der Waals surface area contributed by atoms with E-state index in [2.05, 4.69) is 15.2 Å². The second-order valence-electron chi connectivity index (χ2n) is 5.66. The van der Waals surface area contributed by atoms with Crippen molar-refractivity contribution in [2.45, 2.75) is 45.6 Å². The van der Waals surface area contributed by atoms with Crippen molar-refractivity contribution in [1.82, 2.24) is 20.1 Å². The molecule has 0 radical (unpaired) electrons. The SMILES string of the molecule is Cc1nnc(C2CCCCCN2C(=O)c2cccnc2C)o1. The van der Waals surface area contributed by atoms with Crippen LogP contribution in [0.1, 0.15) is 59.6 Å². The normalized spacial score (nSPS) is 19.0. The predicted octanol–water partition coefficient (Wildman–Crippen LogP) is 2.84. The van der Waals surface area contributed by atoms with E-state index in [0.717, 1.165) is 31.4 Å². The van der Waals surface area contributed by atoms with Crippen molar-refractivity contribution in [3.8, 4) is 0 Å². The number of likely N-dealkylation sites (tertiary alicyclic amines) is 1. The smallest absolute Gasteiger partial charge is 0.256 e. The third-order valence-corrected chi connectivity index (χ3v) is 4.08. The number of rotatable bonds is 2. The molecule has 6 heteroatoms. The molecule has 0 aliphatic carbocycles. The Hall–Kier alpha value is -2.24. The Labute approximate surface area is 129 Å². The molecule has 22 heavy (non-hydrogen) atoms. The van der Waals surface area contributed by atoms with Crippen molar-refractivity contribution in [2.24, 2.45) is 0 Å². The zero-order chi connectivity index (χ0) is 15.5. The van der Waals surface area contributed by atoms with Crippen LogP contribution in [-0.2, 0) is 0 Å². The summed E-state index contributed by atoms with van der Waals surface area (Å²) in [5, 5.41) is 8.04. The third kappa shape index (κ3) is 2.86. The second kappa shape index (κ2) is 6.25. The van der Waals surface area contributed by atoms with Gasteiger partial charge in [0.05, 0.1) is 5.56 Å². The molecule has 1 unspecified atom stereocenters. The van der Waals surface area contributed by atoms with Gasteiger partial charge in [0.2, 0.25) is 11.8 Å². The number of carbonyl (C=O) groups is 1. The molecule has 0 aromatic carbocycles. The fourth-order valence-electron chi connectivity index (χ4n) is 2.92. The number of hydrogen-bond acceptors (Lipinski definition) is 5. The summed E-state index contributed by atoms with van der Waals surface area (Å²) in [5.41, 5.74) is 1.39. The standard InChI is InChI=1S/C16H20N4O2/c1-11-13(7-6-9-17-11)16(21)20-10-5-3-4-8-14(20)15-19-18-12(2)22-15/h6-7,9,14H,3-5,8,10H2,1-2H3. The van der Waals surface area contributed by atoms with Crippen LogP contribution in [-0.4, -0.2) is 32.5 Å². The highest BCUT2D eigenvalue weighted by atomic mass is 16.4. The number of amides is 1. The Morgan fingerprint density at radius 3 is 2.86 bits per heavy atom. The molecule has 1 aliphatic rings. The van der Waals surface area contributed by atoms with E-state index in [9.17, 15) is 4.79 Å². The van der Waals surface area contributed by atoms with Crippen LogP contribution in [0.5, 0.6) is 0 Å². The van der Waals surface area contributed by atoms with Gasteiger partial charge in [-0.3, -0.25) is 9.78 Å². The van der Waals surface area contributed by atoms with Crippen LogP contribution in [0, 0.1) is 13.8 Å². The molecule has 3 heterocycles. The summed E-state index contributed by atoms with van der Waals surface area (Å²) < 4.78 is 5.59. The lowest BCUT2D eigenvalue weighted by molar-refractivity contribution is 0.0650. The van der Waals surface area contributed by atoms with Gasteiger partial charge in [-0.1, -0.05) is 12.8 Å². The molecule has 116 valence electrons. The highest BCUT2D eigenvalue weighted by Crippen LogP contribution is 2.30. The number of hydrogen-bond donors (Lipinski definition) is 0. The van der Waals surface area contributed by atoms with Gasteiger partial charge < -0.3 is 9.32 Å². The van der Waals surface area contributed by atoms with E-state index in [1.807, 2.05) is 17.9 Å². The third-order valence-electron chi connectivity index (χ3n) is 4.08. The largest absolute Gasteiger partial charge is 0.423 e. The maximum atomic E-state index is 13.0. The van der Waals surface area contributed by atoms with Gasteiger partial charge in [-0.25, -0.2) is 0 Å². The van der Waals surface area contributed by atoms with Crippen molar-refractivity contribution in [2.75, 3.05) is 6.54 Å². The Morgan fingerprint density at radius 1 is 1.27 bits per heavy atom. The van der Waals surface area contributed by atoms with Crippen LogP contribution in [0.4, 0.5) is 0 Å². The van der Waals surface area contributed by atoms with Gasteiger partial charge >= 0.3 is 0 Å². The molecule has 1 aliphatic heterocycles. The van der Waals surface area contributed by atoms with E-state index in [0.29, 0.717) is 23.9 Å². The summed E-state index contributed by atoms with van der Waals surface area (Å²) >= 11 is 0. The first-order valence-electron chi connectivity index (χ1n) is 7.69. The van der Waals surface area contributed by atoms with Crippen molar-refractivity contribution in [3.05, 3.63) is 41.4 Å². The number of nitrogens with zero attached hydrogens (tertiary/aromatic N) is 4. The molecule has 0 saturated carbocycles. The molecule has 1 amide bonds. The first kappa shape index (κ1) is 14.7. The minimum absolute atomic E-state index is 0.00615. The average molecular weight is 300 g/mol. The maximum Gasteiger partial charge on any atom is 0.256 e. The van der Waals surface area contributed by atoms with E-state index in [4.69, 9.17) is 4.42 Å². The molecule has 2 aromatic rings. The van der Waals surface area contributed by atoms with Crippen molar-refractivity contribution in [3.63, 3.8) is 0 Å². The lowest BCUT2D eigenvalue weighted by Gasteiger charge is -2.28. The molecule has 0 N–H and O–H groups in total. The van der Waals surface area contributed by atoms with Crippen LogP contribution in [0.25, 0.3) is 0 Å². The molecular weight excluding hydrogens is 280 g/mol. The van der Waals surface area contributed by atoms with Gasteiger partial charge in [0.15, 0.2) is 0 Å². The van der Waals surface area contributed by atoms with Crippen molar-refractivity contribution < 1.29 is 9.21 Å². The van der Waals surface area contributed by atoms with E-state index >= 15 is 0 Å². The number of carbonyl (C=O) groups excluding carboxylic acids is 1. The lowest BCUT2D eigenvalue weighted by atomic mass is 10.1. The quantitative estimate of drug-likeness (QED) is 0.852. The Bertz CT molecular complexity index is 668. The molecule has 2 aromatic heterocycles. The summed E-state index contributed by atoms with van der Waals surface area (Å²) in [6.07, 6.45) is 5.72. The maximum absolute atomic E-state index is 13.0. The van der Waals surface area contributed by atoms with Crippen molar-refractivity contribution >= 4 is 5.91 Å². The van der Waals surface area contributed by atoms with Crippen LogP contribution in [0.2, 0.25) is 0 Å². The summed E-state index contributed by atoms with van der Waals surface area (Å²) in [4.78, 5) is 19.0. The van der Waals surface area contributed by atoms with Gasteiger partial charge in [-0.05, 0) is 31.9 Å². The van der Waals surface area contributed by atoms with E-state index < -0.39 is 0 Å². The minimum Gasteiger partial charge on any atom is -0.423 e. The van der Waals surface area contributed by atoms with Gasteiger partial charge in [0.1, 0.15) is 6.04 Å². The van der Waals surface area contributed by atoms with Crippen LogP contribution >= 0.6 is 0 Å². The molecule has 6 nitrogen and oxygen atoms in total. The van der Waals surface area contributed by atoms with E-state index in [1.54, 1.807) is 19.2 Å². The molecule has 0 bridgehead atoms. The zero-order valence-electron chi connectivity index (χ0n) is 13.0. The highest BCUT2D eigenvalue weighted by Gasteiger charge is 2.31. The summed E-state index contributed by atoms with van der Waals surface area (Å²) in [6.45, 7) is 4.33. The van der Waals surface area contributed by atoms with Gasteiger partial charge in [0.25, 0.3) is 5.91 Å². The van der Waals surface area contributed by atoms with Gasteiger partial charge in [-0.15, -0.1) is 10.2 Å². The molecule has 0 spiro atoms. The first-order chi connectivity index (χ1) is 10.7. The topological polar surface area (TPSA) is 72.1 Å². The zero-order valence-corrected chi connectivity index (χ0v) is 13.0. The van der Waals surface area contributed by atoms with Gasteiger partial charge in [0, 0.05) is 25.4 Å². The average Bonchev–Trinajstić information content (AvgIpc) is 2.80. The molecule has 1 saturated heterocycles. The van der Waals surface area contributed by atoms with Crippen LogP contribution in [0.3, 0.4) is 0 Å². The van der Waals surface area contributed by atoms with Crippen molar-refractivity contribution in [1.29, 1.82) is 0 Å². The summed E-state index contributed by atoms with van der Waals surface area (Å²) in [7, 11) is 0. The Morgan fingerprint density at radius 2 is 2.14 bits per heavy atom. The first-order valence-corrected chi connectivity index (χ1v) is 7.69. The molecule has 1 atom stereocenters. The summed E-state index contributed by atoms with van der Waals surface area (Å²) in [5.74, 6) is 1.06. The number of aromatic nitrogens is 3. The molecule has 3 rings (SSSR count). The minimum atomic E-state index is -0.143. The van der Waals surface area contributed by atoms with E-state index in [-0.39, 0.29) is 11.9 Å². The highest BCUT2D eigenvalue weighted by molar-refractivity contribution is 5.95. The monoisotopic (exact) mass is 300 g/mol.